The number of hydrogen-bond donors (Lipinski definition) is 3. The predicted octanol–water partition coefficient (Wildman–Crippen LogP) is 0.646. The van der Waals surface area contributed by atoms with Crippen molar-refractivity contribution in [1.29, 1.82) is 0 Å². The Balaban J connectivity index is 2.95. The number of hydrogen-bond acceptors (Lipinski definition) is 4. The first-order valence-corrected chi connectivity index (χ1v) is 5.64. The number of hydrazine groups is 1. The molecule has 1 atom stereocenters. The van der Waals surface area contributed by atoms with E-state index in [1.54, 1.807) is 30.3 Å². The number of carbonyl (C=O) groups excluding carboxylic acids is 1. The Morgan fingerprint density at radius 2 is 2.00 bits per heavy atom. The fourth-order valence-electron chi connectivity index (χ4n) is 1.39. The minimum atomic E-state index is -1.10. The lowest BCUT2D eigenvalue weighted by Crippen LogP contribution is -2.52. The molecule has 2 N–H and O–H groups in total. The highest BCUT2D eigenvalue weighted by molar-refractivity contribution is 7.80. The summed E-state index contributed by atoms with van der Waals surface area (Å²) in [6.07, 6.45) is 0. The van der Waals surface area contributed by atoms with E-state index in [9.17, 15) is 9.59 Å². The maximum absolute atomic E-state index is 12.0. The summed E-state index contributed by atoms with van der Waals surface area (Å²) in [6.45, 7) is 0. The monoisotopic (exact) mass is 254 g/mol. The summed E-state index contributed by atoms with van der Waals surface area (Å²) in [6, 6.07) is 7.48. The average molecular weight is 254 g/mol. The van der Waals surface area contributed by atoms with Crippen molar-refractivity contribution in [2.45, 2.75) is 6.04 Å². The van der Waals surface area contributed by atoms with Gasteiger partial charge in [0.15, 0.2) is 6.04 Å². The Morgan fingerprint density at radius 3 is 2.41 bits per heavy atom. The number of carboxylic acids is 1. The van der Waals surface area contributed by atoms with E-state index >= 15 is 0 Å². The first kappa shape index (κ1) is 13.5. The molecule has 0 bridgehead atoms. The molecule has 1 amide bonds. The standard InChI is InChI=1S/C11H14N2O3S/c1-12-13(9(7-17)11(15)16)10(14)8-5-3-2-4-6-8/h2-6,9,12,17H,7H2,1H3,(H,15,16)/t9-/m0/s1. The van der Waals surface area contributed by atoms with Gasteiger partial charge in [0.1, 0.15) is 0 Å². The van der Waals surface area contributed by atoms with Crippen molar-refractivity contribution in [3.8, 4) is 0 Å². The molecule has 6 heteroatoms. The number of aliphatic carboxylic acids is 1. The van der Waals surface area contributed by atoms with Crippen molar-refractivity contribution in [2.24, 2.45) is 0 Å². The molecule has 17 heavy (non-hydrogen) atoms. The third-order valence-electron chi connectivity index (χ3n) is 2.25. The van der Waals surface area contributed by atoms with Crippen LogP contribution in [0.2, 0.25) is 0 Å². The smallest absolute Gasteiger partial charge is 0.328 e. The Labute approximate surface area is 105 Å². The molecule has 0 aliphatic carbocycles. The van der Waals surface area contributed by atoms with E-state index in [4.69, 9.17) is 5.11 Å². The van der Waals surface area contributed by atoms with Crippen LogP contribution in [-0.4, -0.2) is 40.8 Å². The van der Waals surface area contributed by atoms with Crippen LogP contribution in [0.5, 0.6) is 0 Å². The van der Waals surface area contributed by atoms with E-state index in [0.29, 0.717) is 5.56 Å². The number of benzene rings is 1. The fourth-order valence-corrected chi connectivity index (χ4v) is 1.71. The SMILES string of the molecule is CNN(C(=O)c1ccccc1)[C@@H](CS)C(=O)O. The molecular formula is C11H14N2O3S. The lowest BCUT2D eigenvalue weighted by molar-refractivity contribution is -0.142. The minimum absolute atomic E-state index is 0.0365. The van der Waals surface area contributed by atoms with E-state index in [0.717, 1.165) is 5.01 Å². The molecule has 0 saturated carbocycles. The van der Waals surface area contributed by atoms with Crippen molar-refractivity contribution in [3.05, 3.63) is 35.9 Å². The van der Waals surface area contributed by atoms with Gasteiger partial charge in [-0.25, -0.2) is 10.2 Å². The van der Waals surface area contributed by atoms with Crippen LogP contribution >= 0.6 is 12.6 Å². The first-order chi connectivity index (χ1) is 8.11. The highest BCUT2D eigenvalue weighted by Gasteiger charge is 2.28. The second kappa shape index (κ2) is 6.27. The molecule has 0 heterocycles. The molecule has 0 radical (unpaired) electrons. The van der Waals surface area contributed by atoms with E-state index in [1.165, 1.54) is 7.05 Å². The van der Waals surface area contributed by atoms with E-state index < -0.39 is 17.9 Å². The van der Waals surface area contributed by atoms with Gasteiger partial charge in [0.05, 0.1) is 0 Å². The quantitative estimate of drug-likeness (QED) is 0.533. The van der Waals surface area contributed by atoms with Gasteiger partial charge in [-0.3, -0.25) is 9.80 Å². The van der Waals surface area contributed by atoms with Crippen LogP contribution in [0.25, 0.3) is 0 Å². The molecule has 0 saturated heterocycles. The Hall–Kier alpha value is -1.53. The molecule has 1 aromatic carbocycles. The molecule has 0 aliphatic rings. The number of nitrogens with one attached hydrogen (secondary N) is 1. The van der Waals surface area contributed by atoms with Gasteiger partial charge in [-0.1, -0.05) is 18.2 Å². The van der Waals surface area contributed by atoms with E-state index in [1.807, 2.05) is 0 Å². The molecule has 0 aliphatic heterocycles. The molecule has 92 valence electrons. The summed E-state index contributed by atoms with van der Waals surface area (Å²) < 4.78 is 0. The van der Waals surface area contributed by atoms with Crippen LogP contribution in [0.4, 0.5) is 0 Å². The van der Waals surface area contributed by atoms with Gasteiger partial charge >= 0.3 is 5.97 Å². The normalized spacial score (nSPS) is 11.9. The van der Waals surface area contributed by atoms with Crippen LogP contribution in [0, 0.1) is 0 Å². The van der Waals surface area contributed by atoms with E-state index in [2.05, 4.69) is 18.1 Å². The summed E-state index contributed by atoms with van der Waals surface area (Å²) in [5.74, 6) is -1.46. The van der Waals surface area contributed by atoms with Gasteiger partial charge in [0.2, 0.25) is 0 Å². The first-order valence-electron chi connectivity index (χ1n) is 5.01. The maximum Gasteiger partial charge on any atom is 0.328 e. The van der Waals surface area contributed by atoms with Gasteiger partial charge in [-0.05, 0) is 12.1 Å². The predicted molar refractivity (Wildman–Crippen MR) is 66.9 cm³/mol. The number of carbonyl (C=O) groups is 2. The van der Waals surface area contributed by atoms with Crippen LogP contribution in [0.1, 0.15) is 10.4 Å². The summed E-state index contributed by atoms with van der Waals surface area (Å²) in [5.41, 5.74) is 3.01. The van der Waals surface area contributed by atoms with Crippen molar-refractivity contribution in [3.63, 3.8) is 0 Å². The minimum Gasteiger partial charge on any atom is -0.480 e. The van der Waals surface area contributed by atoms with Crippen LogP contribution in [0.3, 0.4) is 0 Å². The van der Waals surface area contributed by atoms with Crippen LogP contribution in [0.15, 0.2) is 30.3 Å². The second-order valence-corrected chi connectivity index (χ2v) is 3.67. The van der Waals surface area contributed by atoms with Crippen molar-refractivity contribution >= 4 is 24.5 Å². The molecule has 0 aromatic heterocycles. The van der Waals surface area contributed by atoms with Crippen LogP contribution in [-0.2, 0) is 4.79 Å². The average Bonchev–Trinajstić information content (AvgIpc) is 2.35. The zero-order chi connectivity index (χ0) is 12.8. The van der Waals surface area contributed by atoms with Crippen LogP contribution < -0.4 is 5.43 Å². The Morgan fingerprint density at radius 1 is 1.41 bits per heavy atom. The molecule has 0 unspecified atom stereocenters. The molecule has 0 fully saturated rings. The number of carboxylic acid groups (broad SMARTS) is 1. The zero-order valence-electron chi connectivity index (χ0n) is 9.33. The molecule has 1 rings (SSSR count). The molecular weight excluding hydrogens is 240 g/mol. The van der Waals surface area contributed by atoms with Gasteiger partial charge in [-0.15, -0.1) is 0 Å². The highest BCUT2D eigenvalue weighted by atomic mass is 32.1. The third kappa shape index (κ3) is 3.21. The molecule has 0 spiro atoms. The van der Waals surface area contributed by atoms with Gasteiger partial charge < -0.3 is 5.11 Å². The summed E-state index contributed by atoms with van der Waals surface area (Å²) in [5, 5.41) is 10.0. The number of nitrogens with zero attached hydrogens (tertiary/aromatic N) is 1. The zero-order valence-corrected chi connectivity index (χ0v) is 10.2. The highest BCUT2D eigenvalue weighted by Crippen LogP contribution is 2.07. The number of thiol groups is 1. The van der Waals surface area contributed by atoms with Crippen molar-refractivity contribution < 1.29 is 14.7 Å². The summed E-state index contributed by atoms with van der Waals surface area (Å²) in [4.78, 5) is 23.0. The Kier molecular flexibility index (Phi) is 4.99. The van der Waals surface area contributed by atoms with Crippen molar-refractivity contribution in [2.75, 3.05) is 12.8 Å². The third-order valence-corrected chi connectivity index (χ3v) is 2.60. The molecule has 5 nitrogen and oxygen atoms in total. The lowest BCUT2D eigenvalue weighted by atomic mass is 10.2. The Bertz CT molecular complexity index is 397. The van der Waals surface area contributed by atoms with Gasteiger partial charge in [0.25, 0.3) is 5.91 Å². The largest absolute Gasteiger partial charge is 0.480 e. The van der Waals surface area contributed by atoms with Crippen molar-refractivity contribution in [1.82, 2.24) is 10.4 Å². The lowest BCUT2D eigenvalue weighted by Gasteiger charge is -2.26. The summed E-state index contributed by atoms with van der Waals surface area (Å²) in [7, 11) is 1.50. The number of rotatable bonds is 5. The van der Waals surface area contributed by atoms with Gasteiger partial charge in [0, 0.05) is 18.4 Å². The summed E-state index contributed by atoms with van der Waals surface area (Å²) >= 11 is 3.94. The topological polar surface area (TPSA) is 69.6 Å². The van der Waals surface area contributed by atoms with Gasteiger partial charge in [-0.2, -0.15) is 12.6 Å². The number of amides is 1. The van der Waals surface area contributed by atoms with E-state index in [-0.39, 0.29) is 5.75 Å². The maximum atomic E-state index is 12.0. The second-order valence-electron chi connectivity index (χ2n) is 3.30. The fraction of sp³-hybridized carbons (Fsp3) is 0.273. The molecule has 1 aromatic rings.